The van der Waals surface area contributed by atoms with E-state index in [2.05, 4.69) is 0 Å². The van der Waals surface area contributed by atoms with Crippen molar-refractivity contribution >= 4 is 19.9 Å². The average Bonchev–Trinajstić information content (AvgIpc) is 2.14. The van der Waals surface area contributed by atoms with Crippen molar-refractivity contribution in [3.05, 3.63) is 0 Å². The van der Waals surface area contributed by atoms with Gasteiger partial charge >= 0.3 is 0 Å². The van der Waals surface area contributed by atoms with Gasteiger partial charge in [0.15, 0.2) is 14.9 Å². The molecule has 1 aliphatic heterocycles. The fraction of sp³-hybridized carbons (Fsp3) is 1.00. The molecule has 0 aromatic heterocycles. The van der Waals surface area contributed by atoms with Crippen LogP contribution in [0.4, 0.5) is 0 Å². The van der Waals surface area contributed by atoms with Gasteiger partial charge in [0.1, 0.15) is 0 Å². The van der Waals surface area contributed by atoms with E-state index in [9.17, 15) is 16.8 Å². The van der Waals surface area contributed by atoms with Gasteiger partial charge in [-0.05, 0) is 25.7 Å². The van der Waals surface area contributed by atoms with E-state index in [1.54, 1.807) is 0 Å². The van der Waals surface area contributed by atoms with Crippen LogP contribution in [0.5, 0.6) is 0 Å². The van der Waals surface area contributed by atoms with Gasteiger partial charge in [-0.3, -0.25) is 0 Å². The molecule has 0 amide bonds. The zero-order chi connectivity index (χ0) is 13.3. The molecule has 17 heavy (non-hydrogen) atoms. The second kappa shape index (κ2) is 5.21. The number of sulfonamides is 1. The third-order valence-corrected chi connectivity index (χ3v) is 6.94. The van der Waals surface area contributed by atoms with Gasteiger partial charge in [0.2, 0.25) is 10.0 Å². The van der Waals surface area contributed by atoms with Crippen LogP contribution in [0.1, 0.15) is 19.8 Å². The third kappa shape index (κ3) is 4.53. The zero-order valence-corrected chi connectivity index (χ0v) is 11.8. The Balaban J connectivity index is 2.79. The molecular formula is C9H20N2O4S2. The Morgan fingerprint density at radius 3 is 2.41 bits per heavy atom. The largest absolute Gasteiger partial charge is 0.328 e. The van der Waals surface area contributed by atoms with Gasteiger partial charge in [-0.1, -0.05) is 0 Å². The van der Waals surface area contributed by atoms with Crippen molar-refractivity contribution in [1.82, 2.24) is 4.31 Å². The summed E-state index contributed by atoms with van der Waals surface area (Å²) >= 11 is 0. The Bertz CT molecular complexity index is 455. The van der Waals surface area contributed by atoms with E-state index in [0.29, 0.717) is 13.1 Å². The Labute approximate surface area is 103 Å². The number of hydrogen-bond acceptors (Lipinski definition) is 5. The lowest BCUT2D eigenvalue weighted by Gasteiger charge is -2.33. The summed E-state index contributed by atoms with van der Waals surface area (Å²) in [6.45, 7) is 2.56. The van der Waals surface area contributed by atoms with Crippen LogP contribution >= 0.6 is 0 Å². The lowest BCUT2D eigenvalue weighted by molar-refractivity contribution is 0.244. The maximum absolute atomic E-state index is 11.9. The van der Waals surface area contributed by atoms with E-state index in [4.69, 9.17) is 5.73 Å². The maximum Gasteiger partial charge on any atom is 0.228 e. The molecule has 2 N–H and O–H groups in total. The molecule has 1 aliphatic rings. The van der Waals surface area contributed by atoms with E-state index >= 15 is 0 Å². The van der Waals surface area contributed by atoms with Crippen molar-refractivity contribution < 1.29 is 16.8 Å². The molecule has 8 heteroatoms. The second-order valence-corrected chi connectivity index (χ2v) is 9.25. The topological polar surface area (TPSA) is 97.5 Å². The molecular weight excluding hydrogens is 264 g/mol. The van der Waals surface area contributed by atoms with Crippen LogP contribution in [0.2, 0.25) is 0 Å². The SMILES string of the molecule is CC(N)C1CCCN(S(=O)(=O)CS(C)(=O)=O)C1. The molecule has 1 saturated heterocycles. The molecule has 0 bridgehead atoms. The highest BCUT2D eigenvalue weighted by Crippen LogP contribution is 2.21. The van der Waals surface area contributed by atoms with Crippen molar-refractivity contribution in [3.8, 4) is 0 Å². The van der Waals surface area contributed by atoms with E-state index in [1.165, 1.54) is 4.31 Å². The lowest BCUT2D eigenvalue weighted by atomic mass is 9.93. The quantitative estimate of drug-likeness (QED) is 0.742. The summed E-state index contributed by atoms with van der Waals surface area (Å²) in [6, 6.07) is -0.0776. The van der Waals surface area contributed by atoms with Crippen LogP contribution in [0.25, 0.3) is 0 Å². The van der Waals surface area contributed by atoms with Crippen molar-refractivity contribution in [1.29, 1.82) is 0 Å². The molecule has 1 heterocycles. The van der Waals surface area contributed by atoms with Crippen molar-refractivity contribution in [2.75, 3.05) is 24.4 Å². The Morgan fingerprint density at radius 1 is 1.35 bits per heavy atom. The number of hydrogen-bond donors (Lipinski definition) is 1. The Hall–Kier alpha value is -0.180. The molecule has 0 spiro atoms. The van der Waals surface area contributed by atoms with E-state index < -0.39 is 24.9 Å². The first-order valence-corrected chi connectivity index (χ1v) is 9.20. The molecule has 1 rings (SSSR count). The first-order chi connectivity index (χ1) is 7.62. The molecule has 0 radical (unpaired) electrons. The molecule has 0 aliphatic carbocycles. The first-order valence-electron chi connectivity index (χ1n) is 5.53. The maximum atomic E-state index is 11.9. The molecule has 0 aromatic rings. The Kier molecular flexibility index (Phi) is 4.56. The summed E-state index contributed by atoms with van der Waals surface area (Å²) in [5.41, 5.74) is 5.76. The van der Waals surface area contributed by atoms with Crippen LogP contribution in [0.15, 0.2) is 0 Å². The normalized spacial score (nSPS) is 25.7. The number of sulfone groups is 1. The predicted octanol–water partition coefficient (Wildman–Crippen LogP) is -0.622. The summed E-state index contributed by atoms with van der Waals surface area (Å²) in [6.07, 6.45) is 2.55. The summed E-state index contributed by atoms with van der Waals surface area (Å²) in [7, 11) is -7.25. The predicted molar refractivity (Wildman–Crippen MR) is 66.6 cm³/mol. The third-order valence-electron chi connectivity index (χ3n) is 2.92. The van der Waals surface area contributed by atoms with Crippen LogP contribution in [-0.4, -0.2) is 51.6 Å². The molecule has 0 aromatic carbocycles. The lowest BCUT2D eigenvalue weighted by Crippen LogP contribution is -2.46. The van der Waals surface area contributed by atoms with E-state index in [1.807, 2.05) is 6.92 Å². The van der Waals surface area contributed by atoms with Crippen molar-refractivity contribution in [2.24, 2.45) is 11.7 Å². The van der Waals surface area contributed by atoms with Gasteiger partial charge in [-0.2, -0.15) is 0 Å². The van der Waals surface area contributed by atoms with Gasteiger partial charge < -0.3 is 5.73 Å². The van der Waals surface area contributed by atoms with Crippen LogP contribution in [0.3, 0.4) is 0 Å². The van der Waals surface area contributed by atoms with E-state index in [-0.39, 0.29) is 12.0 Å². The van der Waals surface area contributed by atoms with Crippen LogP contribution in [-0.2, 0) is 19.9 Å². The average molecular weight is 284 g/mol. The van der Waals surface area contributed by atoms with Crippen LogP contribution < -0.4 is 5.73 Å². The fourth-order valence-electron chi connectivity index (χ4n) is 2.00. The van der Waals surface area contributed by atoms with Gasteiger partial charge in [0.05, 0.1) is 0 Å². The number of nitrogens with zero attached hydrogens (tertiary/aromatic N) is 1. The van der Waals surface area contributed by atoms with Gasteiger partial charge in [0, 0.05) is 25.4 Å². The molecule has 2 unspecified atom stereocenters. The van der Waals surface area contributed by atoms with E-state index in [0.717, 1.165) is 19.1 Å². The Morgan fingerprint density at radius 2 is 1.94 bits per heavy atom. The standard InChI is InChI=1S/C9H20N2O4S2/c1-8(10)9-4-3-5-11(6-9)17(14,15)7-16(2,12)13/h8-9H,3-7,10H2,1-2H3. The smallest absolute Gasteiger partial charge is 0.228 e. The minimum absolute atomic E-state index is 0.0776. The highest BCUT2D eigenvalue weighted by molar-refractivity contribution is 8.06. The number of rotatable bonds is 4. The van der Waals surface area contributed by atoms with Crippen LogP contribution in [0, 0.1) is 5.92 Å². The highest BCUT2D eigenvalue weighted by Gasteiger charge is 2.32. The van der Waals surface area contributed by atoms with Gasteiger partial charge in [-0.25, -0.2) is 21.1 Å². The first kappa shape index (κ1) is 14.9. The molecule has 2 atom stereocenters. The van der Waals surface area contributed by atoms with Crippen molar-refractivity contribution in [3.63, 3.8) is 0 Å². The minimum atomic E-state index is -3.72. The van der Waals surface area contributed by atoms with Gasteiger partial charge in [-0.15, -0.1) is 0 Å². The molecule has 0 saturated carbocycles. The monoisotopic (exact) mass is 284 g/mol. The molecule has 102 valence electrons. The minimum Gasteiger partial charge on any atom is -0.328 e. The summed E-state index contributed by atoms with van der Waals surface area (Å²) < 4.78 is 47.2. The van der Waals surface area contributed by atoms with Crippen molar-refractivity contribution in [2.45, 2.75) is 25.8 Å². The summed E-state index contributed by atoms with van der Waals surface area (Å²) in [4.78, 5) is 0. The number of nitrogens with two attached hydrogens (primary N) is 1. The molecule has 6 nitrogen and oxygen atoms in total. The summed E-state index contributed by atoms with van der Waals surface area (Å²) in [5.74, 6) is 0.109. The number of piperidine rings is 1. The second-order valence-electron chi connectivity index (χ2n) is 4.77. The molecule has 1 fully saturated rings. The van der Waals surface area contributed by atoms with Gasteiger partial charge in [0.25, 0.3) is 0 Å². The summed E-state index contributed by atoms with van der Waals surface area (Å²) in [5, 5.41) is -0.814. The zero-order valence-electron chi connectivity index (χ0n) is 10.2. The fourth-order valence-corrected chi connectivity index (χ4v) is 5.59. The highest BCUT2D eigenvalue weighted by atomic mass is 32.3.